The van der Waals surface area contributed by atoms with E-state index < -0.39 is 15.2 Å². The first-order valence-corrected chi connectivity index (χ1v) is 7.76. The van der Waals surface area contributed by atoms with Gasteiger partial charge >= 0.3 is 9.28 Å². The summed E-state index contributed by atoms with van der Waals surface area (Å²) >= 11 is 0. The highest BCUT2D eigenvalue weighted by Gasteiger charge is 2.14. The summed E-state index contributed by atoms with van der Waals surface area (Å²) in [5, 5.41) is 0. The van der Waals surface area contributed by atoms with Crippen LogP contribution in [0.5, 0.6) is 11.5 Å². The number of carbonyl (C=O) groups excluding carboxylic acids is 1. The molecule has 0 aromatic heterocycles. The van der Waals surface area contributed by atoms with Crippen molar-refractivity contribution in [3.05, 3.63) is 72.4 Å². The highest BCUT2D eigenvalue weighted by Crippen LogP contribution is 2.14. The van der Waals surface area contributed by atoms with Crippen LogP contribution in [0.1, 0.15) is 0 Å². The number of hydrogen-bond acceptors (Lipinski definition) is 3. The van der Waals surface area contributed by atoms with Gasteiger partial charge in [-0.15, -0.1) is 0 Å². The molecule has 0 heterocycles. The Morgan fingerprint density at radius 3 is 1.75 bits per heavy atom. The summed E-state index contributed by atoms with van der Waals surface area (Å²) in [6.45, 7) is 0. The van der Waals surface area contributed by atoms with Crippen LogP contribution in [0.2, 0.25) is 0 Å². The molecule has 0 aliphatic rings. The number of benzene rings is 2. The summed E-state index contributed by atoms with van der Waals surface area (Å²) < 4.78 is 11.6. The predicted octanol–water partition coefficient (Wildman–Crippen LogP) is 1.95. The summed E-state index contributed by atoms with van der Waals surface area (Å²) in [5.74, 6) is 0.888. The second-order valence-corrected chi connectivity index (χ2v) is 5.58. The third-order valence-electron chi connectivity index (χ3n) is 2.41. The maximum Gasteiger partial charge on any atom is 0.472 e. The number of hydrogen-bond donors (Lipinski definition) is 1. The molecule has 2 N–H and O–H groups in total. The van der Waals surface area contributed by atoms with Crippen molar-refractivity contribution in [1.29, 1.82) is 0 Å². The van der Waals surface area contributed by atoms with Crippen molar-refractivity contribution in [2.24, 2.45) is 5.73 Å². The van der Waals surface area contributed by atoms with Crippen molar-refractivity contribution >= 4 is 15.2 Å². The quantitative estimate of drug-likeness (QED) is 0.652. The van der Waals surface area contributed by atoms with Crippen LogP contribution in [0.15, 0.2) is 72.4 Å². The van der Waals surface area contributed by atoms with Gasteiger partial charge in [0.25, 0.3) is 0 Å². The third-order valence-corrected chi connectivity index (χ3v) is 3.92. The third kappa shape index (κ3) is 4.62. The standard InChI is InChI=1S/C15H15NO3Si/c16-15(17)11-12-20(18-13-7-3-1-4-8-13)19-14-9-5-2-6-10-14/h1-12,20H,(H2,16,17). The second-order valence-electron chi connectivity index (χ2n) is 3.99. The fraction of sp³-hybridized carbons (Fsp3) is 0. The van der Waals surface area contributed by atoms with Gasteiger partial charge in [-0.25, -0.2) is 0 Å². The van der Waals surface area contributed by atoms with E-state index in [1.54, 1.807) is 5.70 Å². The van der Waals surface area contributed by atoms with Crippen LogP contribution in [0.3, 0.4) is 0 Å². The van der Waals surface area contributed by atoms with Gasteiger partial charge in [0, 0.05) is 6.08 Å². The van der Waals surface area contributed by atoms with Crippen molar-refractivity contribution in [1.82, 2.24) is 0 Å². The van der Waals surface area contributed by atoms with Crippen LogP contribution in [0, 0.1) is 0 Å². The van der Waals surface area contributed by atoms with E-state index in [1.165, 1.54) is 6.08 Å². The molecule has 0 saturated heterocycles. The normalized spacial score (nSPS) is 10.7. The number of amides is 1. The molecule has 5 heteroatoms. The Hall–Kier alpha value is -2.53. The summed E-state index contributed by atoms with van der Waals surface area (Å²) in [4.78, 5) is 10.9. The molecule has 0 fully saturated rings. The first-order valence-electron chi connectivity index (χ1n) is 6.15. The van der Waals surface area contributed by atoms with Crippen molar-refractivity contribution < 1.29 is 13.6 Å². The molecule has 0 atom stereocenters. The molecule has 2 aromatic rings. The maximum absolute atomic E-state index is 10.9. The molecule has 0 saturated carbocycles. The Morgan fingerprint density at radius 1 is 0.900 bits per heavy atom. The Kier molecular flexibility index (Phi) is 4.97. The molecular formula is C15H15NO3Si. The summed E-state index contributed by atoms with van der Waals surface area (Å²) in [7, 11) is -2.22. The number of primary amides is 1. The zero-order chi connectivity index (χ0) is 14.2. The van der Waals surface area contributed by atoms with Gasteiger partial charge in [-0.3, -0.25) is 4.79 Å². The lowest BCUT2D eigenvalue weighted by Gasteiger charge is -2.15. The molecule has 0 aliphatic heterocycles. The fourth-order valence-corrected chi connectivity index (χ4v) is 2.95. The molecule has 0 bridgehead atoms. The van der Waals surface area contributed by atoms with Crippen LogP contribution in [0.25, 0.3) is 0 Å². The van der Waals surface area contributed by atoms with E-state index in [0.29, 0.717) is 11.5 Å². The topological polar surface area (TPSA) is 61.6 Å². The minimum atomic E-state index is -2.22. The lowest BCUT2D eigenvalue weighted by Crippen LogP contribution is -2.28. The molecule has 0 aliphatic carbocycles. The molecule has 2 rings (SSSR count). The van der Waals surface area contributed by atoms with Gasteiger partial charge in [0.05, 0.1) is 0 Å². The average Bonchev–Trinajstić information content (AvgIpc) is 2.47. The van der Waals surface area contributed by atoms with E-state index in [-0.39, 0.29) is 0 Å². The summed E-state index contributed by atoms with van der Waals surface area (Å²) in [6.07, 6.45) is 1.28. The average molecular weight is 285 g/mol. The number of para-hydroxylation sites is 2. The molecule has 102 valence electrons. The summed E-state index contributed by atoms with van der Waals surface area (Å²) in [5.41, 5.74) is 6.73. The molecule has 20 heavy (non-hydrogen) atoms. The van der Waals surface area contributed by atoms with Crippen LogP contribution in [-0.2, 0) is 4.79 Å². The smallest absolute Gasteiger partial charge is 0.472 e. The maximum atomic E-state index is 10.9. The lowest BCUT2D eigenvalue weighted by atomic mass is 10.3. The Bertz CT molecular complexity index is 531. The van der Waals surface area contributed by atoms with E-state index in [9.17, 15) is 4.79 Å². The van der Waals surface area contributed by atoms with Crippen LogP contribution >= 0.6 is 0 Å². The second kappa shape index (κ2) is 7.15. The van der Waals surface area contributed by atoms with Gasteiger partial charge in [0.1, 0.15) is 11.5 Å². The van der Waals surface area contributed by atoms with E-state index >= 15 is 0 Å². The van der Waals surface area contributed by atoms with Crippen LogP contribution < -0.4 is 14.6 Å². The van der Waals surface area contributed by atoms with Gasteiger partial charge in [-0.2, -0.15) is 0 Å². The minimum absolute atomic E-state index is 0.518. The molecule has 0 radical (unpaired) electrons. The summed E-state index contributed by atoms with van der Waals surface area (Å²) in [6, 6.07) is 18.7. The zero-order valence-electron chi connectivity index (χ0n) is 10.8. The molecule has 0 unspecified atom stereocenters. The molecule has 4 nitrogen and oxygen atoms in total. The Balaban J connectivity index is 2.10. The number of carbonyl (C=O) groups is 1. The molecule has 2 aromatic carbocycles. The van der Waals surface area contributed by atoms with Gasteiger partial charge < -0.3 is 14.6 Å². The lowest BCUT2D eigenvalue weighted by molar-refractivity contribution is -0.113. The fourth-order valence-electron chi connectivity index (χ4n) is 1.54. The zero-order valence-corrected chi connectivity index (χ0v) is 12.0. The van der Waals surface area contributed by atoms with Crippen molar-refractivity contribution in [2.45, 2.75) is 0 Å². The van der Waals surface area contributed by atoms with Crippen molar-refractivity contribution in [2.75, 3.05) is 0 Å². The van der Waals surface area contributed by atoms with Crippen molar-refractivity contribution in [3.63, 3.8) is 0 Å². The molecule has 0 spiro atoms. The SMILES string of the molecule is NC(=O)C=C[SiH](Oc1ccccc1)Oc1ccccc1. The van der Waals surface area contributed by atoms with Crippen molar-refractivity contribution in [3.8, 4) is 11.5 Å². The van der Waals surface area contributed by atoms with Crippen LogP contribution in [0.4, 0.5) is 0 Å². The largest absolute Gasteiger partial charge is 0.511 e. The minimum Gasteiger partial charge on any atom is -0.511 e. The Morgan fingerprint density at radius 2 is 1.35 bits per heavy atom. The van der Waals surface area contributed by atoms with E-state index in [0.717, 1.165) is 0 Å². The molecule has 1 amide bonds. The van der Waals surface area contributed by atoms with E-state index in [4.69, 9.17) is 14.6 Å². The first-order chi connectivity index (χ1) is 9.74. The van der Waals surface area contributed by atoms with Gasteiger partial charge in [0.15, 0.2) is 0 Å². The van der Waals surface area contributed by atoms with Gasteiger partial charge in [-0.1, -0.05) is 36.4 Å². The predicted molar refractivity (Wildman–Crippen MR) is 79.6 cm³/mol. The monoisotopic (exact) mass is 285 g/mol. The van der Waals surface area contributed by atoms with Gasteiger partial charge in [-0.05, 0) is 30.0 Å². The van der Waals surface area contributed by atoms with Gasteiger partial charge in [0.2, 0.25) is 5.91 Å². The molecular weight excluding hydrogens is 270 g/mol. The highest BCUT2D eigenvalue weighted by atomic mass is 28.3. The number of nitrogens with two attached hydrogens (primary N) is 1. The first kappa shape index (κ1) is 13.9. The number of rotatable bonds is 6. The highest BCUT2D eigenvalue weighted by molar-refractivity contribution is 6.52. The van der Waals surface area contributed by atoms with E-state index in [2.05, 4.69) is 0 Å². The van der Waals surface area contributed by atoms with E-state index in [1.807, 2.05) is 60.7 Å². The Labute approximate surface area is 119 Å². The van der Waals surface area contributed by atoms with Crippen LogP contribution in [-0.4, -0.2) is 15.2 Å².